The number of hydrogen-bond donors (Lipinski definition) is 0. The minimum atomic E-state index is -0.322. The Bertz CT molecular complexity index is 581. The van der Waals surface area contributed by atoms with E-state index in [4.69, 9.17) is 9.47 Å². The predicted molar refractivity (Wildman–Crippen MR) is 69.1 cm³/mol. The number of methoxy groups -OCH3 is 1. The summed E-state index contributed by atoms with van der Waals surface area (Å²) in [5, 5.41) is 0. The molecule has 0 aliphatic carbocycles. The molecule has 98 valence electrons. The second kappa shape index (κ2) is 6.00. The SMILES string of the molecule is COc1cccc(C=O)c1OCc1cccc(F)c1. The molecule has 0 bridgehead atoms. The van der Waals surface area contributed by atoms with Crippen molar-refractivity contribution in [2.45, 2.75) is 6.61 Å². The molecule has 0 heterocycles. The molecule has 0 aliphatic rings. The Labute approximate surface area is 110 Å². The third-order valence-electron chi connectivity index (χ3n) is 2.63. The molecule has 0 unspecified atom stereocenters. The van der Waals surface area contributed by atoms with Crippen LogP contribution >= 0.6 is 0 Å². The van der Waals surface area contributed by atoms with E-state index in [2.05, 4.69) is 0 Å². The number of aldehydes is 1. The Hall–Kier alpha value is -2.36. The second-order valence-corrected chi connectivity index (χ2v) is 3.92. The monoisotopic (exact) mass is 260 g/mol. The molecule has 0 aromatic heterocycles. The first-order chi connectivity index (χ1) is 9.24. The van der Waals surface area contributed by atoms with E-state index in [9.17, 15) is 9.18 Å². The van der Waals surface area contributed by atoms with Crippen molar-refractivity contribution in [2.75, 3.05) is 7.11 Å². The molecule has 0 fully saturated rings. The summed E-state index contributed by atoms with van der Waals surface area (Å²) in [6.45, 7) is 0.166. The van der Waals surface area contributed by atoms with Crippen LogP contribution in [-0.2, 0) is 6.61 Å². The number of halogens is 1. The molecule has 0 radical (unpaired) electrons. The first-order valence-corrected chi connectivity index (χ1v) is 5.74. The van der Waals surface area contributed by atoms with Gasteiger partial charge in [0.15, 0.2) is 17.8 Å². The number of carbonyl (C=O) groups is 1. The minimum absolute atomic E-state index is 0.166. The maximum absolute atomic E-state index is 13.0. The van der Waals surface area contributed by atoms with Crippen LogP contribution in [0, 0.1) is 5.82 Å². The molecule has 0 aliphatic heterocycles. The fourth-order valence-electron chi connectivity index (χ4n) is 1.72. The number of para-hydroxylation sites is 1. The smallest absolute Gasteiger partial charge is 0.172 e. The van der Waals surface area contributed by atoms with Crippen LogP contribution in [0.15, 0.2) is 42.5 Å². The zero-order chi connectivity index (χ0) is 13.7. The van der Waals surface area contributed by atoms with Gasteiger partial charge in [-0.25, -0.2) is 4.39 Å². The van der Waals surface area contributed by atoms with Crippen molar-refractivity contribution < 1.29 is 18.7 Å². The number of hydrogen-bond acceptors (Lipinski definition) is 3. The summed E-state index contributed by atoms with van der Waals surface area (Å²) >= 11 is 0. The molecular weight excluding hydrogens is 247 g/mol. The van der Waals surface area contributed by atoms with E-state index in [1.54, 1.807) is 30.3 Å². The fraction of sp³-hybridized carbons (Fsp3) is 0.133. The van der Waals surface area contributed by atoms with Gasteiger partial charge in [-0.3, -0.25) is 4.79 Å². The number of ether oxygens (including phenoxy) is 2. The molecule has 2 aromatic carbocycles. The van der Waals surface area contributed by atoms with Crippen molar-refractivity contribution in [1.29, 1.82) is 0 Å². The summed E-state index contributed by atoms with van der Waals surface area (Å²) in [6.07, 6.45) is 0.698. The lowest BCUT2D eigenvalue weighted by molar-refractivity contribution is 0.111. The van der Waals surface area contributed by atoms with E-state index in [1.165, 1.54) is 19.2 Å². The first-order valence-electron chi connectivity index (χ1n) is 5.74. The average Bonchev–Trinajstić information content (AvgIpc) is 2.44. The van der Waals surface area contributed by atoms with E-state index >= 15 is 0 Å². The van der Waals surface area contributed by atoms with Crippen LogP contribution in [0.5, 0.6) is 11.5 Å². The highest BCUT2D eigenvalue weighted by Crippen LogP contribution is 2.30. The second-order valence-electron chi connectivity index (χ2n) is 3.92. The average molecular weight is 260 g/mol. The Morgan fingerprint density at radius 1 is 1.21 bits per heavy atom. The largest absolute Gasteiger partial charge is 0.493 e. The predicted octanol–water partition coefficient (Wildman–Crippen LogP) is 3.23. The first kappa shape index (κ1) is 13.1. The Balaban J connectivity index is 2.21. The van der Waals surface area contributed by atoms with Gasteiger partial charge in [0, 0.05) is 0 Å². The lowest BCUT2D eigenvalue weighted by atomic mass is 10.2. The molecule has 2 rings (SSSR count). The van der Waals surface area contributed by atoms with Crippen molar-refractivity contribution in [2.24, 2.45) is 0 Å². The molecule has 4 heteroatoms. The summed E-state index contributed by atoms with van der Waals surface area (Å²) in [5.74, 6) is 0.516. The van der Waals surface area contributed by atoms with E-state index in [0.29, 0.717) is 28.9 Å². The van der Waals surface area contributed by atoms with Gasteiger partial charge in [-0.15, -0.1) is 0 Å². The summed E-state index contributed by atoms with van der Waals surface area (Å²) in [4.78, 5) is 11.0. The molecule has 0 N–H and O–H groups in total. The van der Waals surface area contributed by atoms with Gasteiger partial charge in [-0.1, -0.05) is 18.2 Å². The van der Waals surface area contributed by atoms with Crippen LogP contribution in [-0.4, -0.2) is 13.4 Å². The lowest BCUT2D eigenvalue weighted by Gasteiger charge is -2.12. The summed E-state index contributed by atoms with van der Waals surface area (Å²) in [7, 11) is 1.50. The zero-order valence-corrected chi connectivity index (χ0v) is 10.4. The third kappa shape index (κ3) is 3.10. The lowest BCUT2D eigenvalue weighted by Crippen LogP contribution is -2.01. The molecule has 0 spiro atoms. The maximum atomic E-state index is 13.0. The van der Waals surface area contributed by atoms with Gasteiger partial charge in [0.1, 0.15) is 12.4 Å². The van der Waals surface area contributed by atoms with Gasteiger partial charge < -0.3 is 9.47 Å². The zero-order valence-electron chi connectivity index (χ0n) is 10.4. The molecular formula is C15H13FO3. The summed E-state index contributed by atoms with van der Waals surface area (Å²) < 4.78 is 23.8. The molecule has 19 heavy (non-hydrogen) atoms. The molecule has 0 amide bonds. The van der Waals surface area contributed by atoms with Crippen LogP contribution in [0.25, 0.3) is 0 Å². The third-order valence-corrected chi connectivity index (χ3v) is 2.63. The number of benzene rings is 2. The van der Waals surface area contributed by atoms with Crippen LogP contribution in [0.4, 0.5) is 4.39 Å². The van der Waals surface area contributed by atoms with E-state index in [1.807, 2.05) is 0 Å². The van der Waals surface area contributed by atoms with Gasteiger partial charge in [0.2, 0.25) is 0 Å². The quantitative estimate of drug-likeness (QED) is 0.774. The fourth-order valence-corrected chi connectivity index (χ4v) is 1.72. The highest BCUT2D eigenvalue weighted by molar-refractivity contribution is 5.81. The molecule has 0 atom stereocenters. The summed E-state index contributed by atoms with van der Waals surface area (Å²) in [6, 6.07) is 11.2. The van der Waals surface area contributed by atoms with Crippen molar-refractivity contribution in [3.63, 3.8) is 0 Å². The van der Waals surface area contributed by atoms with E-state index < -0.39 is 0 Å². The highest BCUT2D eigenvalue weighted by Gasteiger charge is 2.10. The van der Waals surface area contributed by atoms with Gasteiger partial charge in [-0.05, 0) is 29.8 Å². The molecule has 2 aromatic rings. The van der Waals surface area contributed by atoms with Crippen molar-refractivity contribution >= 4 is 6.29 Å². The molecule has 0 saturated heterocycles. The normalized spacial score (nSPS) is 10.0. The number of carbonyl (C=O) groups excluding carboxylic acids is 1. The van der Waals surface area contributed by atoms with Crippen molar-refractivity contribution in [3.05, 3.63) is 59.4 Å². The minimum Gasteiger partial charge on any atom is -0.493 e. The Kier molecular flexibility index (Phi) is 4.13. The van der Waals surface area contributed by atoms with Gasteiger partial charge >= 0.3 is 0 Å². The molecule has 0 saturated carbocycles. The van der Waals surface area contributed by atoms with Crippen LogP contribution in [0.2, 0.25) is 0 Å². The van der Waals surface area contributed by atoms with E-state index in [0.717, 1.165) is 0 Å². The Morgan fingerprint density at radius 2 is 2.00 bits per heavy atom. The van der Waals surface area contributed by atoms with Gasteiger partial charge in [0.25, 0.3) is 0 Å². The van der Waals surface area contributed by atoms with Gasteiger partial charge in [0.05, 0.1) is 12.7 Å². The van der Waals surface area contributed by atoms with Crippen LogP contribution in [0.3, 0.4) is 0 Å². The number of rotatable bonds is 5. The van der Waals surface area contributed by atoms with Crippen molar-refractivity contribution in [3.8, 4) is 11.5 Å². The summed E-state index contributed by atoms with van der Waals surface area (Å²) in [5.41, 5.74) is 1.08. The van der Waals surface area contributed by atoms with Crippen molar-refractivity contribution in [1.82, 2.24) is 0 Å². The van der Waals surface area contributed by atoms with Crippen LogP contribution in [0.1, 0.15) is 15.9 Å². The molecule has 3 nitrogen and oxygen atoms in total. The standard InChI is InChI=1S/C15H13FO3/c1-18-14-7-3-5-12(9-17)15(14)19-10-11-4-2-6-13(16)8-11/h2-9H,10H2,1H3. The topological polar surface area (TPSA) is 35.5 Å². The Morgan fingerprint density at radius 3 is 2.68 bits per heavy atom. The van der Waals surface area contributed by atoms with Crippen LogP contribution < -0.4 is 9.47 Å². The van der Waals surface area contributed by atoms with Gasteiger partial charge in [-0.2, -0.15) is 0 Å². The highest BCUT2D eigenvalue weighted by atomic mass is 19.1. The maximum Gasteiger partial charge on any atom is 0.172 e. The van der Waals surface area contributed by atoms with E-state index in [-0.39, 0.29) is 12.4 Å².